The molecule has 1 saturated heterocycles. The summed E-state index contributed by atoms with van der Waals surface area (Å²) in [5.74, 6) is -3.68. The summed E-state index contributed by atoms with van der Waals surface area (Å²) in [6.07, 6.45) is 0.687. The molecule has 13 heteroatoms. The highest BCUT2D eigenvalue weighted by atomic mass is 32.2. The van der Waals surface area contributed by atoms with E-state index in [-0.39, 0.29) is 52.2 Å². The van der Waals surface area contributed by atoms with Gasteiger partial charge in [-0.2, -0.15) is 0 Å². The number of benzene rings is 2. The normalized spacial score (nSPS) is 28.1. The molecule has 0 spiro atoms. The van der Waals surface area contributed by atoms with Crippen molar-refractivity contribution in [3.8, 4) is 11.5 Å². The zero-order valence-corrected chi connectivity index (χ0v) is 26.9. The number of methoxy groups -OCH3 is 1. The van der Waals surface area contributed by atoms with E-state index in [0.717, 1.165) is 31.7 Å². The molecule has 0 radical (unpaired) electrons. The lowest BCUT2D eigenvalue weighted by Gasteiger charge is -2.43. The maximum Gasteiger partial charge on any atom is 0.327 e. The van der Waals surface area contributed by atoms with Gasteiger partial charge in [0, 0.05) is 21.7 Å². The number of amides is 3. The molecule has 2 aliphatic heterocycles. The number of aromatic amines is 1. The van der Waals surface area contributed by atoms with Crippen LogP contribution in [0.2, 0.25) is 0 Å². The zero-order valence-electron chi connectivity index (χ0n) is 25.3. The molecular formula is C33H33N3O8S2. The summed E-state index contributed by atoms with van der Waals surface area (Å²) in [4.78, 5) is 69.7. The van der Waals surface area contributed by atoms with Crippen molar-refractivity contribution < 1.29 is 33.8 Å². The molecule has 2 aliphatic carbocycles. The number of imide groups is 1. The topological polar surface area (TPSA) is 155 Å². The lowest BCUT2D eigenvalue weighted by Crippen LogP contribution is -2.49. The number of thioether (sulfide) groups is 1. The number of carboxylic acid groups (broad SMARTS) is 1. The molecule has 3 heterocycles. The minimum atomic E-state index is -1.21. The number of ether oxygens (including phenoxy) is 2. The number of carbonyl (C=O) groups is 4. The first-order valence-electron chi connectivity index (χ1n) is 15.2. The summed E-state index contributed by atoms with van der Waals surface area (Å²) in [6, 6.07) is 13.4. The number of rotatable bonds is 9. The second-order valence-electron chi connectivity index (χ2n) is 12.6. The largest absolute Gasteiger partial charge is 0.493 e. The summed E-state index contributed by atoms with van der Waals surface area (Å²) < 4.78 is 11.5. The predicted octanol–water partition coefficient (Wildman–Crippen LogP) is 4.05. The number of hydrogen-bond donors (Lipinski definition) is 3. The van der Waals surface area contributed by atoms with Gasteiger partial charge < -0.3 is 24.9 Å². The van der Waals surface area contributed by atoms with E-state index in [2.05, 4.69) is 10.3 Å². The van der Waals surface area contributed by atoms with Gasteiger partial charge in [0.05, 0.1) is 24.0 Å². The van der Waals surface area contributed by atoms with Gasteiger partial charge in [-0.3, -0.25) is 24.1 Å². The molecule has 4 aliphatic rings. The highest BCUT2D eigenvalue weighted by Gasteiger charge is 2.70. The standard InChI is InChI=1S/C33H33N3O8S2/c1-14(2)26(32(40)41)36-30(38)24-17-12-18(25(24)31(36)39)27-23(17)22(28-29(45-27)35-33(42)46-28)15-9-10-19(20(11-15)43-3)44-13-21(37)34-16-7-5-4-6-8-16/h4-11,14,17-18,22-27H,12-13H2,1-3H3,(H,34,37)(H,35,42)(H,40,41)/t17?,18?,22-,23?,24?,25?,26?,27?/m1/s1. The molecule has 2 saturated carbocycles. The highest BCUT2D eigenvalue weighted by Crippen LogP contribution is 2.68. The molecule has 240 valence electrons. The molecule has 7 unspecified atom stereocenters. The Bertz CT molecular complexity index is 1790. The Hall–Kier alpha value is -4.10. The summed E-state index contributed by atoms with van der Waals surface area (Å²) in [5.41, 5.74) is 1.53. The number of fused-ring (bicyclic) bond motifs is 9. The van der Waals surface area contributed by atoms with Crippen molar-refractivity contribution in [2.24, 2.45) is 35.5 Å². The fourth-order valence-corrected chi connectivity index (χ4v) is 11.1. The molecule has 3 amide bonds. The molecular weight excluding hydrogens is 631 g/mol. The molecule has 3 aromatic rings. The number of nitrogens with one attached hydrogen (secondary N) is 2. The second-order valence-corrected chi connectivity index (χ2v) is 14.9. The third kappa shape index (κ3) is 4.82. The molecule has 3 N–H and O–H groups in total. The first-order chi connectivity index (χ1) is 22.1. The third-order valence-corrected chi connectivity index (χ3v) is 12.5. The van der Waals surface area contributed by atoms with Gasteiger partial charge >= 0.3 is 10.8 Å². The maximum absolute atomic E-state index is 13.9. The molecule has 2 aromatic carbocycles. The zero-order chi connectivity index (χ0) is 32.4. The molecule has 11 nitrogen and oxygen atoms in total. The summed E-state index contributed by atoms with van der Waals surface area (Å²) in [6.45, 7) is 3.18. The Morgan fingerprint density at radius 3 is 2.43 bits per heavy atom. The van der Waals surface area contributed by atoms with Crippen LogP contribution in [0.5, 0.6) is 11.5 Å². The third-order valence-electron chi connectivity index (χ3n) is 9.88. The summed E-state index contributed by atoms with van der Waals surface area (Å²) in [5, 5.41) is 13.5. The first kappa shape index (κ1) is 30.5. The molecule has 3 fully saturated rings. The Labute approximate surface area is 272 Å². The minimum Gasteiger partial charge on any atom is -0.493 e. The van der Waals surface area contributed by atoms with Crippen molar-refractivity contribution in [3.63, 3.8) is 0 Å². The van der Waals surface area contributed by atoms with E-state index >= 15 is 0 Å². The van der Waals surface area contributed by atoms with Crippen LogP contribution in [-0.4, -0.2) is 63.7 Å². The van der Waals surface area contributed by atoms with Crippen LogP contribution >= 0.6 is 23.1 Å². The van der Waals surface area contributed by atoms with Crippen LogP contribution in [0.15, 0.2) is 58.4 Å². The average molecular weight is 664 g/mol. The van der Waals surface area contributed by atoms with E-state index in [0.29, 0.717) is 23.6 Å². The van der Waals surface area contributed by atoms with E-state index in [4.69, 9.17) is 9.47 Å². The van der Waals surface area contributed by atoms with Crippen molar-refractivity contribution in [2.45, 2.75) is 42.5 Å². The van der Waals surface area contributed by atoms with E-state index in [1.165, 1.54) is 7.11 Å². The predicted molar refractivity (Wildman–Crippen MR) is 170 cm³/mol. The van der Waals surface area contributed by atoms with Crippen LogP contribution < -0.4 is 19.7 Å². The van der Waals surface area contributed by atoms with Crippen LogP contribution in [0.25, 0.3) is 0 Å². The monoisotopic (exact) mass is 663 g/mol. The number of thiazole rings is 1. The summed E-state index contributed by atoms with van der Waals surface area (Å²) >= 11 is 2.71. The average Bonchev–Trinajstić information content (AvgIpc) is 3.76. The number of para-hydroxylation sites is 1. The van der Waals surface area contributed by atoms with Crippen molar-refractivity contribution in [2.75, 3.05) is 19.0 Å². The molecule has 46 heavy (non-hydrogen) atoms. The number of anilines is 1. The van der Waals surface area contributed by atoms with Gasteiger partial charge in [-0.15, -0.1) is 11.8 Å². The molecule has 8 atom stereocenters. The van der Waals surface area contributed by atoms with Gasteiger partial charge in [-0.25, -0.2) is 4.79 Å². The molecule has 7 rings (SSSR count). The van der Waals surface area contributed by atoms with Crippen LogP contribution in [0, 0.1) is 35.5 Å². The van der Waals surface area contributed by atoms with Crippen molar-refractivity contribution in [1.82, 2.24) is 9.88 Å². The number of nitrogens with zero attached hydrogens (tertiary/aromatic N) is 1. The molecule has 1 aromatic heterocycles. The van der Waals surface area contributed by atoms with Crippen LogP contribution in [0.3, 0.4) is 0 Å². The Balaban J connectivity index is 1.20. The lowest BCUT2D eigenvalue weighted by atomic mass is 9.68. The molecule has 2 bridgehead atoms. The van der Waals surface area contributed by atoms with Gasteiger partial charge in [0.1, 0.15) is 6.04 Å². The minimum absolute atomic E-state index is 0.0448. The number of aliphatic carboxylic acids is 1. The van der Waals surface area contributed by atoms with Gasteiger partial charge in [-0.05, 0) is 59.9 Å². The van der Waals surface area contributed by atoms with Gasteiger partial charge in [0.25, 0.3) is 5.91 Å². The van der Waals surface area contributed by atoms with Crippen molar-refractivity contribution in [1.29, 1.82) is 0 Å². The Morgan fingerprint density at radius 2 is 1.76 bits per heavy atom. The van der Waals surface area contributed by atoms with Gasteiger partial charge in [0.2, 0.25) is 11.8 Å². The number of likely N-dealkylation sites (tertiary alicyclic amines) is 1. The fourth-order valence-electron chi connectivity index (χ4n) is 8.24. The SMILES string of the molecule is COc1cc([C@H]2c3sc(=O)[nH]c3SC3C4CC(C5C(=O)N(C(C(=O)O)C(C)C)C(=O)C45)C32)ccc1OCC(=O)Nc1ccccc1. The highest BCUT2D eigenvalue weighted by molar-refractivity contribution is 8.00. The number of carboxylic acids is 1. The summed E-state index contributed by atoms with van der Waals surface area (Å²) in [7, 11) is 1.52. The number of carbonyl (C=O) groups excluding carboxylic acids is 3. The Kier molecular flexibility index (Phi) is 7.71. The fraction of sp³-hybridized carbons (Fsp3) is 0.424. The maximum atomic E-state index is 13.9. The number of aromatic nitrogens is 1. The van der Waals surface area contributed by atoms with Crippen LogP contribution in [-0.2, 0) is 19.2 Å². The van der Waals surface area contributed by atoms with Crippen LogP contribution in [0.1, 0.15) is 36.6 Å². The number of H-pyrrole nitrogens is 1. The van der Waals surface area contributed by atoms with Crippen molar-refractivity contribution >= 4 is 52.5 Å². The quantitative estimate of drug-likeness (QED) is 0.288. The number of hydrogen-bond acceptors (Lipinski definition) is 9. The van der Waals surface area contributed by atoms with E-state index in [1.54, 1.807) is 43.8 Å². The second kappa shape index (κ2) is 11.6. The first-order valence-corrected chi connectivity index (χ1v) is 16.9. The van der Waals surface area contributed by atoms with E-state index in [9.17, 15) is 29.1 Å². The van der Waals surface area contributed by atoms with E-state index < -0.39 is 35.7 Å². The Morgan fingerprint density at radius 1 is 1.04 bits per heavy atom. The van der Waals surface area contributed by atoms with Crippen molar-refractivity contribution in [3.05, 3.63) is 68.6 Å². The van der Waals surface area contributed by atoms with Crippen LogP contribution in [0.4, 0.5) is 5.69 Å². The smallest absolute Gasteiger partial charge is 0.327 e. The van der Waals surface area contributed by atoms with Gasteiger partial charge in [-0.1, -0.05) is 49.4 Å². The lowest BCUT2D eigenvalue weighted by molar-refractivity contribution is -0.157. The van der Waals surface area contributed by atoms with Gasteiger partial charge in [0.15, 0.2) is 18.1 Å². The van der Waals surface area contributed by atoms with E-state index in [1.807, 2.05) is 30.3 Å².